The summed E-state index contributed by atoms with van der Waals surface area (Å²) in [6.45, 7) is 6.11. The fourth-order valence-electron chi connectivity index (χ4n) is 4.09. The van der Waals surface area contributed by atoms with Crippen molar-refractivity contribution in [2.75, 3.05) is 10.7 Å². The van der Waals surface area contributed by atoms with E-state index in [0.29, 0.717) is 23.5 Å². The van der Waals surface area contributed by atoms with Crippen LogP contribution in [-0.4, -0.2) is 27.6 Å². The van der Waals surface area contributed by atoms with Crippen LogP contribution in [-0.2, 0) is 9.59 Å². The van der Waals surface area contributed by atoms with E-state index in [1.165, 1.54) is 23.5 Å². The van der Waals surface area contributed by atoms with Gasteiger partial charge in [-0.2, -0.15) is 0 Å². The number of carbonyl (C=O) groups is 2. The Morgan fingerprint density at radius 3 is 2.62 bits per heavy atom. The average Bonchev–Trinajstić information content (AvgIpc) is 3.09. The summed E-state index contributed by atoms with van der Waals surface area (Å²) in [5, 5.41) is 8.94. The van der Waals surface area contributed by atoms with Crippen molar-refractivity contribution in [2.45, 2.75) is 50.3 Å². The Balaban J connectivity index is 1.84. The molecule has 2 aliphatic rings. The Morgan fingerprint density at radius 1 is 1.21 bits per heavy atom. The summed E-state index contributed by atoms with van der Waals surface area (Å²) in [5.41, 5.74) is 1.93. The van der Waals surface area contributed by atoms with E-state index in [4.69, 9.17) is 0 Å². The molecule has 0 radical (unpaired) electrons. The number of halogens is 1. The fraction of sp³-hybridized carbons (Fsp3) is 0.429. The van der Waals surface area contributed by atoms with E-state index >= 15 is 0 Å². The van der Waals surface area contributed by atoms with E-state index in [1.807, 2.05) is 20.8 Å². The number of aromatic nitrogens is 2. The van der Waals surface area contributed by atoms with Crippen LogP contribution in [0.3, 0.4) is 0 Å². The second kappa shape index (κ2) is 7.65. The highest BCUT2D eigenvalue weighted by molar-refractivity contribution is 8.01. The van der Waals surface area contributed by atoms with Gasteiger partial charge in [-0.3, -0.25) is 14.5 Å². The Morgan fingerprint density at radius 2 is 1.93 bits per heavy atom. The molecule has 0 saturated carbocycles. The highest BCUT2D eigenvalue weighted by Crippen LogP contribution is 2.48. The van der Waals surface area contributed by atoms with Crippen molar-refractivity contribution in [1.29, 1.82) is 0 Å². The van der Waals surface area contributed by atoms with Crippen molar-refractivity contribution in [1.82, 2.24) is 10.2 Å². The molecule has 1 aliphatic heterocycles. The fourth-order valence-corrected chi connectivity index (χ4v) is 5.87. The van der Waals surface area contributed by atoms with Crippen LogP contribution in [0.15, 0.2) is 39.9 Å². The minimum Gasteiger partial charge on any atom is -0.294 e. The lowest BCUT2D eigenvalue weighted by Crippen LogP contribution is -2.43. The summed E-state index contributed by atoms with van der Waals surface area (Å²) in [6, 6.07) is 6.09. The maximum absolute atomic E-state index is 13.4. The highest BCUT2D eigenvalue weighted by Gasteiger charge is 2.45. The number of allylic oxidation sites excluding steroid dienone is 2. The smallest absolute Gasteiger partial charge is 0.234 e. The summed E-state index contributed by atoms with van der Waals surface area (Å²) in [5.74, 6) is 0.130. The number of benzene rings is 1. The molecule has 1 atom stereocenters. The first-order chi connectivity index (χ1) is 13.8. The third kappa shape index (κ3) is 3.88. The number of hydrogen-bond acceptors (Lipinski definition) is 6. The molecule has 1 aromatic carbocycles. The van der Waals surface area contributed by atoms with Gasteiger partial charge in [-0.25, -0.2) is 4.39 Å². The van der Waals surface area contributed by atoms with Gasteiger partial charge in [0.2, 0.25) is 11.0 Å². The topological polar surface area (TPSA) is 63.2 Å². The lowest BCUT2D eigenvalue weighted by Gasteiger charge is -2.41. The van der Waals surface area contributed by atoms with Crippen molar-refractivity contribution in [3.63, 3.8) is 0 Å². The van der Waals surface area contributed by atoms with Crippen molar-refractivity contribution >= 4 is 39.9 Å². The molecular formula is C21H22FN3O2S2. The van der Waals surface area contributed by atoms with Crippen LogP contribution in [0.1, 0.15) is 51.5 Å². The molecule has 8 heteroatoms. The summed E-state index contributed by atoms with van der Waals surface area (Å²) in [4.78, 5) is 28.0. The van der Waals surface area contributed by atoms with Crippen LogP contribution >= 0.6 is 23.1 Å². The van der Waals surface area contributed by atoms with Crippen molar-refractivity contribution in [2.24, 2.45) is 5.41 Å². The zero-order valence-electron chi connectivity index (χ0n) is 16.6. The zero-order chi connectivity index (χ0) is 20.8. The third-order valence-corrected chi connectivity index (χ3v) is 7.19. The maximum Gasteiger partial charge on any atom is 0.234 e. The number of Topliss-reactive ketones (excluding diaryl/α,β-unsaturated/α-hetero) is 1. The minimum atomic E-state index is -0.352. The first-order valence-electron chi connectivity index (χ1n) is 9.60. The second-order valence-electron chi connectivity index (χ2n) is 8.12. The number of hydrogen-bond donors (Lipinski definition) is 0. The molecule has 0 bridgehead atoms. The molecule has 1 aromatic heterocycles. The maximum atomic E-state index is 13.4. The quantitative estimate of drug-likeness (QED) is 0.506. The third-order valence-electron chi connectivity index (χ3n) is 5.27. The molecule has 2 aromatic rings. The summed E-state index contributed by atoms with van der Waals surface area (Å²) in [7, 11) is 0. The standard InChI is InChI=1S/C21H22FN3O2S2/c1-4-28-20-24-23-19(29-20)25-15-10-21(2,3)11-16(26)18(15)14(9-17(25)27)12-5-7-13(22)8-6-12/h5-8,14H,4,9-11H2,1-3H3. The number of thioether (sulfide) groups is 1. The number of anilines is 1. The van der Waals surface area contributed by atoms with Gasteiger partial charge in [0.15, 0.2) is 10.1 Å². The number of carbonyl (C=O) groups excluding carboxylic acids is 2. The van der Waals surface area contributed by atoms with Crippen LogP contribution in [0.5, 0.6) is 0 Å². The molecule has 0 spiro atoms. The molecule has 2 heterocycles. The van der Waals surface area contributed by atoms with Gasteiger partial charge in [-0.15, -0.1) is 10.2 Å². The Labute approximate surface area is 177 Å². The minimum absolute atomic E-state index is 0.0516. The van der Waals surface area contributed by atoms with E-state index in [1.54, 1.807) is 28.8 Å². The molecule has 1 unspecified atom stereocenters. The van der Waals surface area contributed by atoms with Gasteiger partial charge >= 0.3 is 0 Å². The lowest BCUT2D eigenvalue weighted by molar-refractivity contribution is -0.121. The molecular weight excluding hydrogens is 409 g/mol. The number of nitrogens with zero attached hydrogens (tertiary/aromatic N) is 3. The molecule has 29 heavy (non-hydrogen) atoms. The molecule has 0 N–H and O–H groups in total. The normalized spacial score (nSPS) is 21.5. The van der Waals surface area contributed by atoms with Gasteiger partial charge in [0.05, 0.1) is 0 Å². The number of amides is 1. The molecule has 0 saturated heterocycles. The van der Waals surface area contributed by atoms with E-state index in [9.17, 15) is 14.0 Å². The van der Waals surface area contributed by atoms with Crippen LogP contribution in [0.4, 0.5) is 9.52 Å². The monoisotopic (exact) mass is 431 g/mol. The molecule has 1 aliphatic carbocycles. The lowest BCUT2D eigenvalue weighted by atomic mass is 9.69. The van der Waals surface area contributed by atoms with Crippen molar-refractivity contribution < 1.29 is 14.0 Å². The van der Waals surface area contributed by atoms with E-state index in [0.717, 1.165) is 21.4 Å². The molecule has 1 amide bonds. The molecule has 152 valence electrons. The number of ketones is 1. The largest absolute Gasteiger partial charge is 0.294 e. The first kappa shape index (κ1) is 20.2. The van der Waals surface area contributed by atoms with Crippen LogP contribution in [0.25, 0.3) is 0 Å². The second-order valence-corrected chi connectivity index (χ2v) is 10.6. The predicted molar refractivity (Wildman–Crippen MR) is 113 cm³/mol. The van der Waals surface area contributed by atoms with E-state index in [-0.39, 0.29) is 35.3 Å². The summed E-state index contributed by atoms with van der Waals surface area (Å²) < 4.78 is 14.2. The highest BCUT2D eigenvalue weighted by atomic mass is 32.2. The molecule has 4 rings (SSSR count). The van der Waals surface area contributed by atoms with Gasteiger partial charge < -0.3 is 0 Å². The predicted octanol–water partition coefficient (Wildman–Crippen LogP) is 4.95. The van der Waals surface area contributed by atoms with Gasteiger partial charge in [0.1, 0.15) is 5.82 Å². The molecule has 0 fully saturated rings. The van der Waals surface area contributed by atoms with Crippen LogP contribution < -0.4 is 4.90 Å². The summed E-state index contributed by atoms with van der Waals surface area (Å²) in [6.07, 6.45) is 1.19. The zero-order valence-corrected chi connectivity index (χ0v) is 18.2. The summed E-state index contributed by atoms with van der Waals surface area (Å²) >= 11 is 2.95. The molecule has 5 nitrogen and oxygen atoms in total. The van der Waals surface area contributed by atoms with Gasteiger partial charge in [-0.05, 0) is 35.3 Å². The van der Waals surface area contributed by atoms with Crippen molar-refractivity contribution in [3.05, 3.63) is 46.9 Å². The van der Waals surface area contributed by atoms with Gasteiger partial charge in [0, 0.05) is 30.0 Å². The Hall–Kier alpha value is -2.06. The van der Waals surface area contributed by atoms with Crippen molar-refractivity contribution in [3.8, 4) is 0 Å². The van der Waals surface area contributed by atoms with Gasteiger partial charge in [-0.1, -0.05) is 56.0 Å². The van der Waals surface area contributed by atoms with E-state index in [2.05, 4.69) is 10.2 Å². The number of rotatable bonds is 4. The van der Waals surface area contributed by atoms with Crippen LogP contribution in [0.2, 0.25) is 0 Å². The van der Waals surface area contributed by atoms with E-state index < -0.39 is 0 Å². The Kier molecular flexibility index (Phi) is 5.33. The Bertz CT molecular complexity index is 998. The first-order valence-corrected chi connectivity index (χ1v) is 11.4. The van der Waals surface area contributed by atoms with Crippen LogP contribution in [0, 0.1) is 11.2 Å². The SMILES string of the molecule is CCSc1nnc(N2C(=O)CC(c3ccc(F)cc3)C3=C2CC(C)(C)CC3=O)s1. The average molecular weight is 432 g/mol. The van der Waals surface area contributed by atoms with Gasteiger partial charge in [0.25, 0.3) is 0 Å².